The lowest BCUT2D eigenvalue weighted by atomic mass is 9.89. The lowest BCUT2D eigenvalue weighted by molar-refractivity contribution is -0.269. The van der Waals surface area contributed by atoms with Crippen LogP contribution in [0.1, 0.15) is 43.2 Å². The second kappa shape index (κ2) is 11.2. The van der Waals surface area contributed by atoms with Crippen LogP contribution in [0, 0.1) is 11.6 Å². The average molecular weight is 533 g/mol. The summed E-state index contributed by atoms with van der Waals surface area (Å²) in [6.45, 7) is 5.82. The first-order valence-electron chi connectivity index (χ1n) is 11.7. The maximum Gasteiger partial charge on any atom is 0.416 e. The topological polar surface area (TPSA) is 65.5 Å². The highest BCUT2D eigenvalue weighted by Gasteiger charge is 2.54. The quantitative estimate of drug-likeness (QED) is 0.453. The van der Waals surface area contributed by atoms with E-state index >= 15 is 0 Å². The summed E-state index contributed by atoms with van der Waals surface area (Å²) >= 11 is 1.53. The van der Waals surface area contributed by atoms with Crippen LogP contribution in [0.15, 0.2) is 36.5 Å². The third-order valence-electron chi connectivity index (χ3n) is 6.38. The molecular weight excluding hydrogens is 503 g/mol. The molecule has 4 atom stereocenters. The lowest BCUT2D eigenvalue weighted by Gasteiger charge is -2.44. The van der Waals surface area contributed by atoms with Crippen LogP contribution in [0.25, 0.3) is 0 Å². The van der Waals surface area contributed by atoms with Crippen LogP contribution in [-0.2, 0) is 22.6 Å². The van der Waals surface area contributed by atoms with Gasteiger partial charge in [0.25, 0.3) is 0 Å². The summed E-state index contributed by atoms with van der Waals surface area (Å²) in [7, 11) is 0. The summed E-state index contributed by atoms with van der Waals surface area (Å²) in [5.41, 5.74) is 7.39. The minimum absolute atomic E-state index is 0.0801. The Morgan fingerprint density at radius 3 is 2.44 bits per heavy atom. The molecule has 0 radical (unpaired) electrons. The normalized spacial score (nSPS) is 27.0. The van der Waals surface area contributed by atoms with Gasteiger partial charge in [0, 0.05) is 42.5 Å². The molecule has 5 rings (SSSR count). The SMILES string of the molecule is C/C=C\C.NC1CC(N2Cc3cn(SC4COC4)nc3C2)C(C(F)(F)F)O[C@@H]1c1cc(F)ccc1F. The van der Waals surface area contributed by atoms with Gasteiger partial charge in [-0.05, 0) is 50.4 Å². The fourth-order valence-electron chi connectivity index (χ4n) is 4.42. The average Bonchev–Trinajstić information content (AvgIpc) is 3.36. The van der Waals surface area contributed by atoms with Crippen molar-refractivity contribution in [2.24, 2.45) is 5.73 Å². The van der Waals surface area contributed by atoms with Crippen LogP contribution < -0.4 is 5.73 Å². The van der Waals surface area contributed by atoms with E-state index in [1.165, 1.54) is 11.9 Å². The van der Waals surface area contributed by atoms with Crippen LogP contribution >= 0.6 is 11.9 Å². The van der Waals surface area contributed by atoms with Crippen molar-refractivity contribution in [2.75, 3.05) is 13.2 Å². The third-order valence-corrected chi connectivity index (χ3v) is 7.36. The summed E-state index contributed by atoms with van der Waals surface area (Å²) < 4.78 is 81.9. The van der Waals surface area contributed by atoms with Crippen LogP contribution in [0.3, 0.4) is 0 Å². The van der Waals surface area contributed by atoms with E-state index in [4.69, 9.17) is 15.2 Å². The molecule has 198 valence electrons. The van der Waals surface area contributed by atoms with Crippen LogP contribution in [0.5, 0.6) is 0 Å². The molecule has 2 N–H and O–H groups in total. The highest BCUT2D eigenvalue weighted by molar-refractivity contribution is 7.98. The first-order valence-corrected chi connectivity index (χ1v) is 12.5. The fraction of sp³-hybridized carbons (Fsp3) is 0.542. The van der Waals surface area contributed by atoms with Crippen molar-refractivity contribution in [2.45, 2.75) is 69.1 Å². The number of nitrogens with two attached hydrogens (primary N) is 1. The van der Waals surface area contributed by atoms with E-state index in [0.717, 1.165) is 23.8 Å². The summed E-state index contributed by atoms with van der Waals surface area (Å²) in [5.74, 6) is -1.62. The molecule has 1 aromatic heterocycles. The molecule has 0 saturated carbocycles. The van der Waals surface area contributed by atoms with Crippen LogP contribution in [0.4, 0.5) is 22.0 Å². The molecule has 0 spiro atoms. The molecule has 3 aliphatic rings. The number of alkyl halides is 3. The Morgan fingerprint density at radius 2 is 1.86 bits per heavy atom. The van der Waals surface area contributed by atoms with E-state index < -0.39 is 42.1 Å². The van der Waals surface area contributed by atoms with Gasteiger partial charge in [0.05, 0.1) is 24.2 Å². The van der Waals surface area contributed by atoms with Gasteiger partial charge in [-0.15, -0.1) is 0 Å². The van der Waals surface area contributed by atoms with Gasteiger partial charge in [-0.2, -0.15) is 18.3 Å². The molecule has 36 heavy (non-hydrogen) atoms. The minimum atomic E-state index is -4.70. The first-order chi connectivity index (χ1) is 17.1. The Morgan fingerprint density at radius 1 is 1.14 bits per heavy atom. The largest absolute Gasteiger partial charge is 0.416 e. The molecule has 2 fully saturated rings. The monoisotopic (exact) mass is 532 g/mol. The van der Waals surface area contributed by atoms with Gasteiger partial charge < -0.3 is 15.2 Å². The van der Waals surface area contributed by atoms with Crippen molar-refractivity contribution in [1.29, 1.82) is 0 Å². The summed E-state index contributed by atoms with van der Waals surface area (Å²) in [5, 5.41) is 4.81. The molecule has 0 amide bonds. The maximum absolute atomic E-state index is 14.2. The molecule has 6 nitrogen and oxygen atoms in total. The van der Waals surface area contributed by atoms with Gasteiger partial charge in [0.15, 0.2) is 6.10 Å². The molecule has 12 heteroatoms. The summed E-state index contributed by atoms with van der Waals surface area (Å²) in [6, 6.07) is 0.604. The van der Waals surface area contributed by atoms with Gasteiger partial charge in [-0.3, -0.25) is 4.90 Å². The zero-order valence-corrected chi connectivity index (χ0v) is 20.7. The van der Waals surface area contributed by atoms with E-state index in [9.17, 15) is 22.0 Å². The second-order valence-electron chi connectivity index (χ2n) is 8.99. The fourth-order valence-corrected chi connectivity index (χ4v) is 5.37. The van der Waals surface area contributed by atoms with E-state index in [1.54, 1.807) is 8.99 Å². The number of allylic oxidation sites excluding steroid dienone is 2. The standard InChI is InChI=1S/C20H21F5N4O2S.C4H8/c21-11-1-2-14(22)13(3-11)18-15(26)4-17(19(31-18)20(23,24)25)28-5-10-6-29(27-16(10)7-28)32-12-8-30-9-12;1-3-4-2/h1-3,6,12,15,17-19H,4-5,7-9,26H2;3-4H,1-2H3/b;4-3-/t15?,17?,18-,19?;/m1./s1. The predicted molar refractivity (Wildman–Crippen MR) is 126 cm³/mol. The van der Waals surface area contributed by atoms with E-state index in [2.05, 4.69) is 5.10 Å². The molecule has 2 aromatic rings. The Labute approximate surface area is 210 Å². The third kappa shape index (κ3) is 5.94. The number of fused-ring (bicyclic) bond motifs is 1. The smallest absolute Gasteiger partial charge is 0.379 e. The number of hydrogen-bond acceptors (Lipinski definition) is 6. The summed E-state index contributed by atoms with van der Waals surface area (Å²) in [6.07, 6.45) is -2.54. The van der Waals surface area contributed by atoms with E-state index in [-0.39, 0.29) is 25.1 Å². The maximum atomic E-state index is 14.2. The van der Waals surface area contributed by atoms with Gasteiger partial charge in [0.1, 0.15) is 17.7 Å². The molecule has 1 aromatic carbocycles. The Hall–Kier alpha value is -1.99. The number of benzene rings is 1. The van der Waals surface area contributed by atoms with Gasteiger partial charge >= 0.3 is 6.18 Å². The highest BCUT2D eigenvalue weighted by atomic mass is 32.2. The van der Waals surface area contributed by atoms with E-state index in [0.29, 0.717) is 24.2 Å². The van der Waals surface area contributed by atoms with Crippen LogP contribution in [-0.4, -0.2) is 56.9 Å². The van der Waals surface area contributed by atoms with E-state index in [1.807, 2.05) is 32.2 Å². The van der Waals surface area contributed by atoms with Gasteiger partial charge in [-0.25, -0.2) is 12.9 Å². The zero-order valence-electron chi connectivity index (χ0n) is 19.9. The lowest BCUT2D eigenvalue weighted by Crippen LogP contribution is -2.58. The molecule has 0 bridgehead atoms. The van der Waals surface area contributed by atoms with Gasteiger partial charge in [-0.1, -0.05) is 12.2 Å². The first kappa shape index (κ1) is 27.1. The number of aromatic nitrogens is 2. The Balaban J connectivity index is 0.000000709. The van der Waals surface area contributed by atoms with Crippen molar-refractivity contribution >= 4 is 11.9 Å². The Bertz CT molecular complexity index is 1050. The Kier molecular flexibility index (Phi) is 8.40. The molecule has 3 aliphatic heterocycles. The minimum Gasteiger partial charge on any atom is -0.379 e. The van der Waals surface area contributed by atoms with Crippen LogP contribution in [0.2, 0.25) is 0 Å². The van der Waals surface area contributed by atoms with Crippen molar-refractivity contribution in [3.8, 4) is 0 Å². The summed E-state index contributed by atoms with van der Waals surface area (Å²) in [4.78, 5) is 1.65. The molecule has 2 saturated heterocycles. The second-order valence-corrected chi connectivity index (χ2v) is 10.2. The number of hydrogen-bond donors (Lipinski definition) is 1. The molecule has 0 aliphatic carbocycles. The number of nitrogens with zero attached hydrogens (tertiary/aromatic N) is 3. The molecular formula is C24H29F5N4O2S. The van der Waals surface area contributed by atoms with Crippen molar-refractivity contribution in [1.82, 2.24) is 14.1 Å². The van der Waals surface area contributed by atoms with Gasteiger partial charge in [0.2, 0.25) is 0 Å². The number of halogens is 5. The highest BCUT2D eigenvalue weighted by Crippen LogP contribution is 2.42. The van der Waals surface area contributed by atoms with Crippen molar-refractivity contribution in [3.63, 3.8) is 0 Å². The predicted octanol–water partition coefficient (Wildman–Crippen LogP) is 4.74. The zero-order chi connectivity index (χ0) is 26.0. The van der Waals surface area contributed by atoms with Crippen molar-refractivity contribution < 1.29 is 31.4 Å². The molecule has 3 unspecified atom stereocenters. The molecule has 4 heterocycles. The number of ether oxygens (including phenoxy) is 2. The van der Waals surface area contributed by atoms with Crippen molar-refractivity contribution in [3.05, 3.63) is 65.0 Å². The number of rotatable bonds is 4.